The molecule has 0 spiro atoms. The number of hydrogen-bond donors (Lipinski definition) is 1. The molecule has 5 heteroatoms. The highest BCUT2D eigenvalue weighted by molar-refractivity contribution is 6.76. The van der Waals surface area contributed by atoms with Crippen LogP contribution in [-0.4, -0.2) is 42.4 Å². The molecule has 1 atom stereocenters. The smallest absolute Gasteiger partial charge is 0.415 e. The predicted octanol–water partition coefficient (Wildman–Crippen LogP) is 4.79. The van der Waals surface area contributed by atoms with Crippen LogP contribution < -0.4 is 0 Å². The van der Waals surface area contributed by atoms with Crippen LogP contribution in [0.25, 0.3) is 0 Å². The molecule has 23 heavy (non-hydrogen) atoms. The first-order valence-corrected chi connectivity index (χ1v) is 12.2. The molecular formula is C18H35NO3Si. The minimum atomic E-state index is -1.36. The fourth-order valence-electron chi connectivity index (χ4n) is 2.61. The van der Waals surface area contributed by atoms with Crippen LogP contribution in [0, 0.1) is 0 Å². The maximum atomic E-state index is 12.3. The first-order valence-electron chi connectivity index (χ1n) is 8.45. The molecule has 0 heterocycles. The van der Waals surface area contributed by atoms with Crippen molar-refractivity contribution in [3.05, 3.63) is 24.0 Å². The van der Waals surface area contributed by atoms with E-state index < -0.39 is 14.2 Å². The van der Waals surface area contributed by atoms with Gasteiger partial charge in [-0.15, -0.1) is 0 Å². The van der Waals surface area contributed by atoms with Crippen molar-refractivity contribution in [3.8, 4) is 0 Å². The van der Waals surface area contributed by atoms with E-state index in [9.17, 15) is 9.90 Å². The number of carbonyl (C=O) groups is 1. The SMILES string of the molecule is C/C=C/C(O)C/C(=C\OC(=O)N(C(C)C)C(C)C)C[Si](C)(C)C. The molecule has 0 aliphatic rings. The van der Waals surface area contributed by atoms with Crippen molar-refractivity contribution in [2.75, 3.05) is 0 Å². The lowest BCUT2D eigenvalue weighted by Crippen LogP contribution is -2.41. The second-order valence-electron chi connectivity index (χ2n) is 7.79. The highest BCUT2D eigenvalue weighted by atomic mass is 28.3. The summed E-state index contributed by atoms with van der Waals surface area (Å²) in [6, 6.07) is 1.08. The summed E-state index contributed by atoms with van der Waals surface area (Å²) in [7, 11) is -1.36. The van der Waals surface area contributed by atoms with Crippen molar-refractivity contribution in [1.82, 2.24) is 4.90 Å². The number of ether oxygens (including phenoxy) is 1. The third-order valence-corrected chi connectivity index (χ3v) is 4.81. The van der Waals surface area contributed by atoms with Gasteiger partial charge in [-0.2, -0.15) is 0 Å². The van der Waals surface area contributed by atoms with Gasteiger partial charge in [0.25, 0.3) is 0 Å². The molecule has 0 aliphatic carbocycles. The first kappa shape index (κ1) is 21.9. The summed E-state index contributed by atoms with van der Waals surface area (Å²) < 4.78 is 5.43. The van der Waals surface area contributed by atoms with Crippen molar-refractivity contribution in [3.63, 3.8) is 0 Å². The van der Waals surface area contributed by atoms with Crippen LogP contribution >= 0.6 is 0 Å². The third-order valence-electron chi connectivity index (χ3n) is 3.29. The number of aliphatic hydroxyl groups excluding tert-OH is 1. The van der Waals surface area contributed by atoms with Crippen molar-refractivity contribution in [2.45, 2.75) is 84.9 Å². The van der Waals surface area contributed by atoms with Crippen LogP contribution in [-0.2, 0) is 4.74 Å². The lowest BCUT2D eigenvalue weighted by atomic mass is 10.1. The molecule has 1 unspecified atom stereocenters. The average Bonchev–Trinajstić information content (AvgIpc) is 2.33. The number of rotatable bonds is 8. The second kappa shape index (κ2) is 9.93. The Bertz CT molecular complexity index is 414. The predicted molar refractivity (Wildman–Crippen MR) is 100 cm³/mol. The Labute approximate surface area is 143 Å². The molecule has 0 bridgehead atoms. The van der Waals surface area contributed by atoms with E-state index in [0.29, 0.717) is 6.42 Å². The zero-order chi connectivity index (χ0) is 18.2. The van der Waals surface area contributed by atoms with Gasteiger partial charge in [-0.05, 0) is 46.2 Å². The Morgan fingerprint density at radius 1 is 1.17 bits per heavy atom. The summed E-state index contributed by atoms with van der Waals surface area (Å²) in [5.41, 5.74) is 0.996. The highest BCUT2D eigenvalue weighted by Crippen LogP contribution is 2.21. The molecule has 0 aromatic heterocycles. The maximum absolute atomic E-state index is 12.3. The Kier molecular flexibility index (Phi) is 9.47. The maximum Gasteiger partial charge on any atom is 0.415 e. The fourth-order valence-corrected chi connectivity index (χ4v) is 4.20. The molecule has 0 saturated carbocycles. The summed E-state index contributed by atoms with van der Waals surface area (Å²) in [5.74, 6) is 0. The van der Waals surface area contributed by atoms with E-state index >= 15 is 0 Å². The molecule has 0 fully saturated rings. The normalized spacial score (nSPS) is 14.7. The van der Waals surface area contributed by atoms with E-state index in [1.54, 1.807) is 17.2 Å². The Morgan fingerprint density at radius 2 is 1.70 bits per heavy atom. The van der Waals surface area contributed by atoms with Crippen molar-refractivity contribution >= 4 is 14.2 Å². The molecular weight excluding hydrogens is 306 g/mol. The van der Waals surface area contributed by atoms with Gasteiger partial charge in [0.2, 0.25) is 0 Å². The van der Waals surface area contributed by atoms with E-state index in [0.717, 1.165) is 11.6 Å². The number of allylic oxidation sites excluding steroid dienone is 1. The standard InChI is InChI=1S/C18H35NO3Si/c1-9-10-17(20)11-16(13-23(6,7)8)12-22-18(21)19(14(2)3)15(4)5/h9-10,12,14-15,17,20H,11,13H2,1-8H3/b10-9+,16-12+. The van der Waals surface area contributed by atoms with Crippen LogP contribution in [0.5, 0.6) is 0 Å². The van der Waals surface area contributed by atoms with E-state index in [1.807, 2.05) is 40.7 Å². The third kappa shape index (κ3) is 9.61. The molecule has 0 rings (SSSR count). The van der Waals surface area contributed by atoms with E-state index in [2.05, 4.69) is 19.6 Å². The molecule has 1 N–H and O–H groups in total. The van der Waals surface area contributed by atoms with Crippen LogP contribution in [0.15, 0.2) is 24.0 Å². The Morgan fingerprint density at radius 3 is 2.09 bits per heavy atom. The van der Waals surface area contributed by atoms with Gasteiger partial charge < -0.3 is 14.7 Å². The molecule has 0 radical (unpaired) electrons. The number of hydrogen-bond acceptors (Lipinski definition) is 3. The van der Waals surface area contributed by atoms with Gasteiger partial charge >= 0.3 is 6.09 Å². The fraction of sp³-hybridized carbons (Fsp3) is 0.722. The van der Waals surface area contributed by atoms with Gasteiger partial charge in [0.15, 0.2) is 0 Å². The molecule has 1 amide bonds. The highest BCUT2D eigenvalue weighted by Gasteiger charge is 2.22. The summed E-state index contributed by atoms with van der Waals surface area (Å²) in [6.07, 6.45) is 4.79. The zero-order valence-corrected chi connectivity index (χ0v) is 17.1. The topological polar surface area (TPSA) is 49.8 Å². The first-order chi connectivity index (χ1) is 10.5. The number of carbonyl (C=O) groups excluding carboxylic acids is 1. The summed E-state index contributed by atoms with van der Waals surface area (Å²) >= 11 is 0. The second-order valence-corrected chi connectivity index (χ2v) is 13.3. The average molecular weight is 342 g/mol. The van der Waals surface area contributed by atoms with Gasteiger partial charge in [-0.3, -0.25) is 0 Å². The van der Waals surface area contributed by atoms with Gasteiger partial charge in [0.05, 0.1) is 12.4 Å². The lowest BCUT2D eigenvalue weighted by Gasteiger charge is -2.29. The molecule has 134 valence electrons. The molecule has 0 saturated heterocycles. The molecule has 0 aliphatic heterocycles. The van der Waals surface area contributed by atoms with Crippen molar-refractivity contribution in [1.29, 1.82) is 0 Å². The van der Waals surface area contributed by atoms with E-state index in [1.165, 1.54) is 0 Å². The Balaban J connectivity index is 5.08. The van der Waals surface area contributed by atoms with Gasteiger partial charge in [-0.1, -0.05) is 31.8 Å². The van der Waals surface area contributed by atoms with Crippen LogP contribution in [0.1, 0.15) is 41.0 Å². The minimum Gasteiger partial charge on any atom is -0.418 e. The summed E-state index contributed by atoms with van der Waals surface area (Å²) in [5, 5.41) is 10.0. The monoisotopic (exact) mass is 341 g/mol. The van der Waals surface area contributed by atoms with Crippen LogP contribution in [0.3, 0.4) is 0 Å². The van der Waals surface area contributed by atoms with Gasteiger partial charge in [0.1, 0.15) is 0 Å². The zero-order valence-electron chi connectivity index (χ0n) is 16.1. The van der Waals surface area contributed by atoms with Gasteiger partial charge in [0, 0.05) is 26.6 Å². The number of amides is 1. The largest absolute Gasteiger partial charge is 0.418 e. The number of nitrogens with zero attached hydrogens (tertiary/aromatic N) is 1. The summed E-state index contributed by atoms with van der Waals surface area (Å²) in [6.45, 7) is 16.6. The quantitative estimate of drug-likeness (QED) is 0.392. The molecule has 4 nitrogen and oxygen atoms in total. The van der Waals surface area contributed by atoms with E-state index in [4.69, 9.17) is 4.74 Å². The van der Waals surface area contributed by atoms with Crippen LogP contribution in [0.4, 0.5) is 4.79 Å². The van der Waals surface area contributed by atoms with Crippen LogP contribution in [0.2, 0.25) is 25.7 Å². The molecule has 0 aromatic rings. The lowest BCUT2D eigenvalue weighted by molar-refractivity contribution is 0.108. The minimum absolute atomic E-state index is 0.0879. The van der Waals surface area contributed by atoms with Crippen molar-refractivity contribution in [2.24, 2.45) is 0 Å². The van der Waals surface area contributed by atoms with Gasteiger partial charge in [-0.25, -0.2) is 4.79 Å². The summed E-state index contributed by atoms with van der Waals surface area (Å²) in [4.78, 5) is 14.0. The van der Waals surface area contributed by atoms with Crippen molar-refractivity contribution < 1.29 is 14.6 Å². The van der Waals surface area contributed by atoms with E-state index in [-0.39, 0.29) is 18.2 Å². The molecule has 0 aromatic carbocycles. The Hall–Kier alpha value is -1.07. The number of aliphatic hydroxyl groups is 1.